The van der Waals surface area contributed by atoms with Crippen molar-refractivity contribution in [2.24, 2.45) is 0 Å². The smallest absolute Gasteiger partial charge is 0.387 e. The van der Waals surface area contributed by atoms with Gasteiger partial charge >= 0.3 is 6.61 Å². The van der Waals surface area contributed by atoms with Crippen molar-refractivity contribution in [3.05, 3.63) is 59.9 Å². The summed E-state index contributed by atoms with van der Waals surface area (Å²) < 4.78 is 41.5. The molecule has 0 aliphatic carbocycles. The zero-order valence-corrected chi connectivity index (χ0v) is 13.1. The number of alkyl halides is 2. The van der Waals surface area contributed by atoms with E-state index in [1.807, 2.05) is 7.05 Å². The third kappa shape index (κ3) is 5.92. The van der Waals surface area contributed by atoms with Gasteiger partial charge in [0.1, 0.15) is 18.1 Å². The predicted octanol–water partition coefficient (Wildman–Crippen LogP) is 2.08. The van der Waals surface area contributed by atoms with E-state index in [0.717, 1.165) is 10.5 Å². The summed E-state index contributed by atoms with van der Waals surface area (Å²) in [6.45, 7) is -2.13. The second-order valence-corrected chi connectivity index (χ2v) is 5.39. The van der Waals surface area contributed by atoms with Gasteiger partial charge < -0.3 is 15.0 Å². The molecule has 0 fully saturated rings. The number of rotatable bonds is 7. The number of halogens is 3. The lowest BCUT2D eigenvalue weighted by atomic mass is 10.2. The minimum absolute atomic E-state index is 0.0928. The molecule has 0 saturated carbocycles. The lowest BCUT2D eigenvalue weighted by molar-refractivity contribution is -0.885. The van der Waals surface area contributed by atoms with E-state index in [2.05, 4.69) is 10.1 Å². The van der Waals surface area contributed by atoms with Gasteiger partial charge in [-0.05, 0) is 42.5 Å². The monoisotopic (exact) mass is 339 g/mol. The molecule has 1 unspecified atom stereocenters. The third-order valence-corrected chi connectivity index (χ3v) is 3.23. The second kappa shape index (κ2) is 8.35. The molecule has 128 valence electrons. The Kier molecular flexibility index (Phi) is 6.20. The van der Waals surface area contributed by atoms with Crippen molar-refractivity contribution in [2.45, 2.75) is 13.2 Å². The minimum atomic E-state index is -2.85. The van der Waals surface area contributed by atoms with Gasteiger partial charge in [0.25, 0.3) is 5.91 Å². The number of carbonyl (C=O) groups excluding carboxylic acids is 1. The molecule has 2 N–H and O–H groups in total. The Hall–Kier alpha value is -2.54. The first-order chi connectivity index (χ1) is 11.4. The van der Waals surface area contributed by atoms with Crippen molar-refractivity contribution in [1.82, 2.24) is 0 Å². The molecule has 2 aromatic carbocycles. The molecule has 0 saturated heterocycles. The summed E-state index contributed by atoms with van der Waals surface area (Å²) in [6, 6.07) is 11.9. The number of likely N-dealkylation sites (N-methyl/N-ethyl adjacent to an activating group) is 1. The highest BCUT2D eigenvalue weighted by molar-refractivity contribution is 5.91. The Morgan fingerprint density at radius 3 is 2.54 bits per heavy atom. The van der Waals surface area contributed by atoms with Crippen LogP contribution in [-0.2, 0) is 11.3 Å². The summed E-state index contributed by atoms with van der Waals surface area (Å²) >= 11 is 0. The zero-order valence-electron chi connectivity index (χ0n) is 13.1. The van der Waals surface area contributed by atoms with E-state index in [9.17, 15) is 18.0 Å². The van der Waals surface area contributed by atoms with Gasteiger partial charge in [-0.1, -0.05) is 6.07 Å². The summed E-state index contributed by atoms with van der Waals surface area (Å²) in [5, 5.41) is 2.63. The summed E-state index contributed by atoms with van der Waals surface area (Å²) in [4.78, 5) is 12.8. The Balaban J connectivity index is 1.83. The number of carbonyl (C=O) groups is 1. The molecule has 0 aliphatic heterocycles. The Bertz CT molecular complexity index is 678. The maximum atomic E-state index is 13.1. The van der Waals surface area contributed by atoms with E-state index < -0.39 is 12.4 Å². The summed E-state index contributed by atoms with van der Waals surface area (Å²) in [6.07, 6.45) is 0. The molecule has 0 bridgehead atoms. The quantitative estimate of drug-likeness (QED) is 0.811. The van der Waals surface area contributed by atoms with Crippen molar-refractivity contribution < 1.29 is 27.6 Å². The molecule has 2 rings (SSSR count). The van der Waals surface area contributed by atoms with Gasteiger partial charge in [-0.3, -0.25) is 4.79 Å². The average molecular weight is 339 g/mol. The van der Waals surface area contributed by atoms with Crippen LogP contribution in [0.4, 0.5) is 18.9 Å². The van der Waals surface area contributed by atoms with E-state index in [1.54, 1.807) is 18.2 Å². The Morgan fingerprint density at radius 1 is 1.21 bits per heavy atom. The highest BCUT2D eigenvalue weighted by atomic mass is 19.3. The number of quaternary nitrogens is 1. The summed E-state index contributed by atoms with van der Waals surface area (Å²) in [7, 11) is 1.83. The number of nitrogens with one attached hydrogen (secondary N) is 2. The van der Waals surface area contributed by atoms with Crippen molar-refractivity contribution in [2.75, 3.05) is 18.9 Å². The topological polar surface area (TPSA) is 42.8 Å². The van der Waals surface area contributed by atoms with Crippen LogP contribution in [0.5, 0.6) is 5.75 Å². The van der Waals surface area contributed by atoms with Crippen LogP contribution >= 0.6 is 0 Å². The number of benzene rings is 2. The van der Waals surface area contributed by atoms with Crippen molar-refractivity contribution >= 4 is 11.6 Å². The largest absolute Gasteiger partial charge is 0.435 e. The lowest BCUT2D eigenvalue weighted by Crippen LogP contribution is -3.08. The average Bonchev–Trinajstić information content (AvgIpc) is 2.48. The summed E-state index contributed by atoms with van der Waals surface area (Å²) in [5.41, 5.74) is 1.29. The van der Waals surface area contributed by atoms with Crippen LogP contribution in [0.25, 0.3) is 0 Å². The molecule has 1 amide bonds. The Morgan fingerprint density at radius 2 is 1.92 bits per heavy atom. The van der Waals surface area contributed by atoms with Gasteiger partial charge in [-0.25, -0.2) is 4.39 Å². The van der Waals surface area contributed by atoms with Gasteiger partial charge in [-0.15, -0.1) is 0 Å². The lowest BCUT2D eigenvalue weighted by Gasteiger charge is -2.14. The van der Waals surface area contributed by atoms with Crippen LogP contribution in [0.1, 0.15) is 5.56 Å². The fourth-order valence-electron chi connectivity index (χ4n) is 2.25. The molecule has 1 atom stereocenters. The highest BCUT2D eigenvalue weighted by Crippen LogP contribution is 2.14. The number of hydrogen-bond acceptors (Lipinski definition) is 2. The standard InChI is InChI=1S/C17H17F3N2O2/c1-22(10-12-5-7-15(8-6-12)24-17(19)20)11-16(23)21-14-4-2-3-13(18)9-14/h2-9,17H,10-11H2,1H3,(H,21,23)/p+1. The molecule has 24 heavy (non-hydrogen) atoms. The van der Waals surface area contributed by atoms with Gasteiger partial charge in [0.05, 0.1) is 7.05 Å². The van der Waals surface area contributed by atoms with Crippen molar-refractivity contribution in [3.8, 4) is 5.75 Å². The van der Waals surface area contributed by atoms with E-state index >= 15 is 0 Å². The van der Waals surface area contributed by atoms with Gasteiger partial charge in [0, 0.05) is 11.3 Å². The molecule has 0 radical (unpaired) electrons. The van der Waals surface area contributed by atoms with E-state index in [0.29, 0.717) is 12.2 Å². The second-order valence-electron chi connectivity index (χ2n) is 5.39. The predicted molar refractivity (Wildman–Crippen MR) is 83.6 cm³/mol. The van der Waals surface area contributed by atoms with Crippen LogP contribution in [0.3, 0.4) is 0 Å². The van der Waals surface area contributed by atoms with Gasteiger partial charge in [0.15, 0.2) is 6.54 Å². The number of ether oxygens (including phenoxy) is 1. The fourth-order valence-corrected chi connectivity index (χ4v) is 2.25. The van der Waals surface area contributed by atoms with Crippen LogP contribution in [-0.4, -0.2) is 26.1 Å². The van der Waals surface area contributed by atoms with Crippen molar-refractivity contribution in [3.63, 3.8) is 0 Å². The third-order valence-electron chi connectivity index (χ3n) is 3.23. The maximum absolute atomic E-state index is 13.1. The molecular weight excluding hydrogens is 321 g/mol. The molecule has 0 aromatic heterocycles. The van der Waals surface area contributed by atoms with Gasteiger partial charge in [0.2, 0.25) is 0 Å². The highest BCUT2D eigenvalue weighted by Gasteiger charge is 2.12. The Labute approximate surface area is 137 Å². The molecule has 7 heteroatoms. The molecule has 0 heterocycles. The van der Waals surface area contributed by atoms with E-state index in [4.69, 9.17) is 0 Å². The SMILES string of the molecule is C[NH+](CC(=O)Nc1cccc(F)c1)Cc1ccc(OC(F)F)cc1. The number of hydrogen-bond donors (Lipinski definition) is 2. The summed E-state index contributed by atoms with van der Waals surface area (Å²) in [5.74, 6) is -0.564. The first-order valence-electron chi connectivity index (χ1n) is 7.33. The normalized spacial score (nSPS) is 12.0. The van der Waals surface area contributed by atoms with Crippen LogP contribution < -0.4 is 15.0 Å². The fraction of sp³-hybridized carbons (Fsp3) is 0.235. The molecule has 0 spiro atoms. The molecule has 0 aliphatic rings. The van der Waals surface area contributed by atoms with Crippen LogP contribution in [0.15, 0.2) is 48.5 Å². The van der Waals surface area contributed by atoms with Gasteiger partial charge in [-0.2, -0.15) is 8.78 Å². The first-order valence-corrected chi connectivity index (χ1v) is 7.33. The molecule has 2 aromatic rings. The van der Waals surface area contributed by atoms with Crippen molar-refractivity contribution in [1.29, 1.82) is 0 Å². The minimum Gasteiger partial charge on any atom is -0.435 e. The van der Waals surface area contributed by atoms with Crippen LogP contribution in [0.2, 0.25) is 0 Å². The number of amides is 1. The molecule has 4 nitrogen and oxygen atoms in total. The van der Waals surface area contributed by atoms with E-state index in [1.165, 1.54) is 30.3 Å². The zero-order chi connectivity index (χ0) is 17.5. The number of anilines is 1. The van der Waals surface area contributed by atoms with E-state index in [-0.39, 0.29) is 18.2 Å². The molecular formula is C17H18F3N2O2+. The first kappa shape index (κ1) is 17.8. The van der Waals surface area contributed by atoms with Crippen LogP contribution in [0, 0.1) is 5.82 Å². The maximum Gasteiger partial charge on any atom is 0.387 e.